The molecule has 0 aromatic carbocycles. The summed E-state index contributed by atoms with van der Waals surface area (Å²) in [6.07, 6.45) is 5.84. The van der Waals surface area contributed by atoms with Crippen molar-refractivity contribution in [1.82, 2.24) is 9.78 Å². The first kappa shape index (κ1) is 13.5. The molecule has 0 saturated heterocycles. The van der Waals surface area contributed by atoms with Gasteiger partial charge < -0.3 is 5.73 Å². The predicted octanol–water partition coefficient (Wildman–Crippen LogP) is 1.76. The molecular weight excluding hydrogens is 294 g/mol. The van der Waals surface area contributed by atoms with E-state index in [1.54, 1.807) is 4.68 Å². The number of hydrogen-bond acceptors (Lipinski definition) is 3. The first-order valence-electron chi connectivity index (χ1n) is 6.19. The number of allylic oxidation sites excluding steroid dienone is 1. The standard InChI is InChI=1S/C13H18BrN3O/c1-3-10-13(14)11(17(2)16-10)7-12(18)8-4-5-9(15)6-8/h4-5,8-9H,3,6-7,15H2,1-2H3. The molecular formula is C13H18BrN3O. The fraction of sp³-hybridized carbons (Fsp3) is 0.538. The molecule has 0 radical (unpaired) electrons. The highest BCUT2D eigenvalue weighted by Gasteiger charge is 2.25. The number of nitrogens with zero attached hydrogens (tertiary/aromatic N) is 2. The van der Waals surface area contributed by atoms with Crippen LogP contribution >= 0.6 is 15.9 Å². The summed E-state index contributed by atoms with van der Waals surface area (Å²) in [4.78, 5) is 12.2. The van der Waals surface area contributed by atoms with Crippen molar-refractivity contribution in [2.24, 2.45) is 18.7 Å². The van der Waals surface area contributed by atoms with E-state index in [9.17, 15) is 4.79 Å². The van der Waals surface area contributed by atoms with Crippen LogP contribution < -0.4 is 5.73 Å². The van der Waals surface area contributed by atoms with E-state index in [1.807, 2.05) is 19.2 Å². The number of nitrogens with two attached hydrogens (primary N) is 1. The Hall–Kier alpha value is -0.940. The molecule has 1 aromatic rings. The van der Waals surface area contributed by atoms with Crippen LogP contribution in [-0.4, -0.2) is 21.6 Å². The molecule has 1 heterocycles. The molecule has 2 atom stereocenters. The highest BCUT2D eigenvalue weighted by Crippen LogP contribution is 2.25. The van der Waals surface area contributed by atoms with Gasteiger partial charge in [0.1, 0.15) is 5.78 Å². The Morgan fingerprint density at radius 1 is 1.61 bits per heavy atom. The van der Waals surface area contributed by atoms with E-state index in [-0.39, 0.29) is 17.7 Å². The van der Waals surface area contributed by atoms with E-state index in [0.29, 0.717) is 6.42 Å². The maximum atomic E-state index is 12.2. The highest BCUT2D eigenvalue weighted by atomic mass is 79.9. The van der Waals surface area contributed by atoms with Crippen molar-refractivity contribution in [1.29, 1.82) is 0 Å². The lowest BCUT2D eigenvalue weighted by Crippen LogP contribution is -2.21. The predicted molar refractivity (Wildman–Crippen MR) is 74.2 cm³/mol. The Kier molecular flexibility index (Phi) is 4.02. The van der Waals surface area contributed by atoms with Crippen molar-refractivity contribution >= 4 is 21.7 Å². The van der Waals surface area contributed by atoms with Crippen molar-refractivity contribution in [2.45, 2.75) is 32.2 Å². The number of ketones is 1. The van der Waals surface area contributed by atoms with Gasteiger partial charge in [0.2, 0.25) is 0 Å². The molecule has 18 heavy (non-hydrogen) atoms. The quantitative estimate of drug-likeness (QED) is 0.862. The van der Waals surface area contributed by atoms with Gasteiger partial charge in [-0.05, 0) is 28.8 Å². The average Bonchev–Trinajstić information content (AvgIpc) is 2.87. The molecule has 0 aliphatic heterocycles. The normalized spacial score (nSPS) is 22.7. The van der Waals surface area contributed by atoms with Crippen molar-refractivity contribution in [3.63, 3.8) is 0 Å². The van der Waals surface area contributed by atoms with E-state index in [1.165, 1.54) is 0 Å². The summed E-state index contributed by atoms with van der Waals surface area (Å²) in [6, 6.07) is 0.0279. The third-order valence-electron chi connectivity index (χ3n) is 3.37. The third-order valence-corrected chi connectivity index (χ3v) is 4.29. The smallest absolute Gasteiger partial charge is 0.145 e. The van der Waals surface area contributed by atoms with Crippen LogP contribution in [0.4, 0.5) is 0 Å². The fourth-order valence-corrected chi connectivity index (χ4v) is 3.03. The van der Waals surface area contributed by atoms with Crippen molar-refractivity contribution < 1.29 is 4.79 Å². The molecule has 2 unspecified atom stereocenters. The number of aryl methyl sites for hydroxylation is 2. The summed E-state index contributed by atoms with van der Waals surface area (Å²) in [6.45, 7) is 2.05. The molecule has 0 fully saturated rings. The Morgan fingerprint density at radius 2 is 2.33 bits per heavy atom. The number of carbonyl (C=O) groups excluding carboxylic acids is 1. The molecule has 2 N–H and O–H groups in total. The van der Waals surface area contributed by atoms with Crippen molar-refractivity contribution in [2.75, 3.05) is 0 Å². The summed E-state index contributed by atoms with van der Waals surface area (Å²) in [7, 11) is 1.88. The molecule has 4 nitrogen and oxygen atoms in total. The van der Waals surface area contributed by atoms with Gasteiger partial charge >= 0.3 is 0 Å². The molecule has 1 aliphatic carbocycles. The number of rotatable bonds is 4. The lowest BCUT2D eigenvalue weighted by atomic mass is 9.99. The second-order valence-electron chi connectivity index (χ2n) is 4.72. The van der Waals surface area contributed by atoms with Gasteiger partial charge in [-0.25, -0.2) is 0 Å². The van der Waals surface area contributed by atoms with Crippen LogP contribution in [0.2, 0.25) is 0 Å². The van der Waals surface area contributed by atoms with Gasteiger partial charge in [0.25, 0.3) is 0 Å². The van der Waals surface area contributed by atoms with Gasteiger partial charge in [-0.2, -0.15) is 5.10 Å². The summed E-state index contributed by atoms with van der Waals surface area (Å²) in [5, 5.41) is 4.40. The van der Waals surface area contributed by atoms with Gasteiger partial charge in [0, 0.05) is 19.0 Å². The minimum Gasteiger partial charge on any atom is -0.324 e. The van der Waals surface area contributed by atoms with E-state index in [4.69, 9.17) is 5.73 Å². The lowest BCUT2D eigenvalue weighted by Gasteiger charge is -2.08. The van der Waals surface area contributed by atoms with E-state index in [0.717, 1.165) is 28.7 Å². The topological polar surface area (TPSA) is 60.9 Å². The van der Waals surface area contributed by atoms with Crippen LogP contribution in [0.3, 0.4) is 0 Å². The zero-order chi connectivity index (χ0) is 13.3. The maximum Gasteiger partial charge on any atom is 0.145 e. The van der Waals surface area contributed by atoms with Gasteiger partial charge in [-0.3, -0.25) is 9.48 Å². The largest absolute Gasteiger partial charge is 0.324 e. The zero-order valence-electron chi connectivity index (χ0n) is 10.7. The van der Waals surface area contributed by atoms with Crippen molar-refractivity contribution in [3.05, 3.63) is 28.0 Å². The molecule has 1 aliphatic rings. The minimum atomic E-state index is -0.0353. The molecule has 0 spiro atoms. The average molecular weight is 312 g/mol. The van der Waals surface area contributed by atoms with E-state index < -0.39 is 0 Å². The fourth-order valence-electron chi connectivity index (χ4n) is 2.27. The Balaban J connectivity index is 2.12. The second-order valence-corrected chi connectivity index (χ2v) is 5.51. The SMILES string of the molecule is CCc1nn(C)c(CC(=O)C2C=CC(N)C2)c1Br. The lowest BCUT2D eigenvalue weighted by molar-refractivity contribution is -0.121. The van der Waals surface area contributed by atoms with Gasteiger partial charge in [0.15, 0.2) is 0 Å². The number of Topliss-reactive ketones (excluding diaryl/α,β-unsaturated/α-hetero) is 1. The van der Waals surface area contributed by atoms with Gasteiger partial charge in [-0.1, -0.05) is 19.1 Å². The number of halogens is 1. The van der Waals surface area contributed by atoms with Crippen LogP contribution in [0.25, 0.3) is 0 Å². The minimum absolute atomic E-state index is 0.0279. The molecule has 0 amide bonds. The van der Waals surface area contributed by atoms with Crippen LogP contribution in [0.15, 0.2) is 16.6 Å². The first-order chi connectivity index (χ1) is 8.52. The summed E-state index contributed by atoms with van der Waals surface area (Å²) in [5.74, 6) is 0.178. The third kappa shape index (κ3) is 2.57. The van der Waals surface area contributed by atoms with Gasteiger partial charge in [0.05, 0.1) is 22.3 Å². The number of carbonyl (C=O) groups is 1. The molecule has 5 heteroatoms. The number of aromatic nitrogens is 2. The highest BCUT2D eigenvalue weighted by molar-refractivity contribution is 9.10. The Morgan fingerprint density at radius 3 is 2.83 bits per heavy atom. The summed E-state index contributed by atoms with van der Waals surface area (Å²) in [5.41, 5.74) is 7.72. The van der Waals surface area contributed by atoms with Crippen molar-refractivity contribution in [3.8, 4) is 0 Å². The van der Waals surface area contributed by atoms with Gasteiger partial charge in [-0.15, -0.1) is 0 Å². The Bertz CT molecular complexity index is 493. The van der Waals surface area contributed by atoms with Crippen LogP contribution in [0, 0.1) is 5.92 Å². The van der Waals surface area contributed by atoms with Crippen LogP contribution in [0.5, 0.6) is 0 Å². The molecule has 98 valence electrons. The Labute approximate surface area is 115 Å². The monoisotopic (exact) mass is 311 g/mol. The summed E-state index contributed by atoms with van der Waals surface area (Å²) < 4.78 is 2.76. The van der Waals surface area contributed by atoms with E-state index in [2.05, 4.69) is 28.0 Å². The van der Waals surface area contributed by atoms with E-state index >= 15 is 0 Å². The zero-order valence-corrected chi connectivity index (χ0v) is 12.3. The maximum absolute atomic E-state index is 12.2. The molecule has 2 rings (SSSR count). The molecule has 0 bridgehead atoms. The van der Waals surface area contributed by atoms with Crippen LogP contribution in [-0.2, 0) is 24.7 Å². The molecule has 1 aromatic heterocycles. The number of hydrogen-bond donors (Lipinski definition) is 1. The second kappa shape index (κ2) is 5.36. The first-order valence-corrected chi connectivity index (χ1v) is 6.99. The summed E-state index contributed by atoms with van der Waals surface area (Å²) >= 11 is 3.53. The molecule has 0 saturated carbocycles. The van der Waals surface area contributed by atoms with Crippen LogP contribution in [0.1, 0.15) is 24.7 Å².